The lowest BCUT2D eigenvalue weighted by Crippen LogP contribution is -2.14. The molecule has 2 aromatic carbocycles. The average molecular weight is 442 g/mol. The quantitative estimate of drug-likeness (QED) is 0.344. The number of pyridine rings is 1. The maximum absolute atomic E-state index is 11.8. The number of benzene rings is 2. The Hall–Kier alpha value is -3.70. The van der Waals surface area contributed by atoms with Crippen molar-refractivity contribution < 1.29 is 19.8 Å². The monoisotopic (exact) mass is 441 g/mol. The SMILES string of the molecule is CC(C)c1c(C=CC(O)CC(=O)CC(=O)O)c(-c2ccccc2)c2c3ccccc3ccn12. The molecule has 33 heavy (non-hydrogen) atoms. The summed E-state index contributed by atoms with van der Waals surface area (Å²) in [7, 11) is 0. The highest BCUT2D eigenvalue weighted by Gasteiger charge is 2.22. The molecule has 5 nitrogen and oxygen atoms in total. The Morgan fingerprint density at radius 2 is 1.70 bits per heavy atom. The van der Waals surface area contributed by atoms with Crippen molar-refractivity contribution in [2.45, 2.75) is 38.7 Å². The van der Waals surface area contributed by atoms with Gasteiger partial charge in [0.1, 0.15) is 12.2 Å². The molecule has 0 saturated heterocycles. The van der Waals surface area contributed by atoms with E-state index in [1.54, 1.807) is 6.08 Å². The molecule has 4 aromatic rings. The smallest absolute Gasteiger partial charge is 0.310 e. The first-order valence-electron chi connectivity index (χ1n) is 11.1. The van der Waals surface area contributed by atoms with E-state index in [0.717, 1.165) is 38.7 Å². The zero-order valence-electron chi connectivity index (χ0n) is 18.7. The van der Waals surface area contributed by atoms with Crippen molar-refractivity contribution in [2.24, 2.45) is 0 Å². The van der Waals surface area contributed by atoms with Crippen LogP contribution in [0.2, 0.25) is 0 Å². The average Bonchev–Trinajstić information content (AvgIpc) is 3.12. The van der Waals surface area contributed by atoms with Crippen LogP contribution in [0.15, 0.2) is 72.9 Å². The second-order valence-corrected chi connectivity index (χ2v) is 8.56. The number of nitrogens with zero attached hydrogens (tertiary/aromatic N) is 1. The van der Waals surface area contributed by atoms with E-state index in [0.29, 0.717) is 0 Å². The Balaban J connectivity index is 1.93. The fourth-order valence-electron chi connectivity index (χ4n) is 4.46. The maximum Gasteiger partial charge on any atom is 0.310 e. The molecule has 0 aliphatic heterocycles. The van der Waals surface area contributed by atoms with Crippen molar-refractivity contribution in [2.75, 3.05) is 0 Å². The number of carbonyl (C=O) groups excluding carboxylic acids is 1. The highest BCUT2D eigenvalue weighted by molar-refractivity contribution is 6.06. The number of Topliss-reactive ketones (excluding diaryl/α,β-unsaturated/α-hetero) is 1. The normalized spacial score (nSPS) is 12.7. The minimum absolute atomic E-state index is 0.196. The van der Waals surface area contributed by atoms with E-state index in [1.165, 1.54) is 0 Å². The number of hydrogen-bond acceptors (Lipinski definition) is 3. The summed E-state index contributed by atoms with van der Waals surface area (Å²) in [6.45, 7) is 4.27. The lowest BCUT2D eigenvalue weighted by atomic mass is 9.95. The summed E-state index contributed by atoms with van der Waals surface area (Å²) in [6.07, 6.45) is 3.69. The zero-order chi connectivity index (χ0) is 23.5. The number of hydrogen-bond donors (Lipinski definition) is 2. The summed E-state index contributed by atoms with van der Waals surface area (Å²) in [5.41, 5.74) is 5.32. The first-order chi connectivity index (χ1) is 15.9. The van der Waals surface area contributed by atoms with E-state index in [-0.39, 0.29) is 12.3 Å². The van der Waals surface area contributed by atoms with Gasteiger partial charge in [-0.25, -0.2) is 0 Å². The number of aliphatic carboxylic acids is 1. The molecule has 2 aromatic heterocycles. The van der Waals surface area contributed by atoms with Gasteiger partial charge in [0.25, 0.3) is 0 Å². The lowest BCUT2D eigenvalue weighted by Gasteiger charge is -2.10. The maximum atomic E-state index is 11.8. The van der Waals surface area contributed by atoms with Gasteiger partial charge in [-0.1, -0.05) is 80.6 Å². The molecule has 0 spiro atoms. The molecule has 0 aliphatic rings. The van der Waals surface area contributed by atoms with Crippen LogP contribution in [0.4, 0.5) is 0 Å². The molecule has 4 rings (SSSR count). The Bertz CT molecular complexity index is 1350. The Morgan fingerprint density at radius 3 is 2.39 bits per heavy atom. The highest BCUT2D eigenvalue weighted by Crippen LogP contribution is 2.40. The molecular weight excluding hydrogens is 414 g/mol. The number of carboxylic acid groups (broad SMARTS) is 1. The molecule has 0 fully saturated rings. The molecule has 2 heterocycles. The predicted octanol–water partition coefficient (Wildman–Crippen LogP) is 5.69. The number of aromatic nitrogens is 1. The fraction of sp³-hybridized carbons (Fsp3) is 0.214. The number of carbonyl (C=O) groups is 2. The van der Waals surface area contributed by atoms with E-state index in [9.17, 15) is 14.7 Å². The third-order valence-electron chi connectivity index (χ3n) is 5.78. The molecular formula is C28H27NO4. The van der Waals surface area contributed by atoms with Crippen LogP contribution in [-0.4, -0.2) is 32.5 Å². The van der Waals surface area contributed by atoms with Crippen LogP contribution in [0.1, 0.15) is 43.9 Å². The number of rotatable bonds is 8. The van der Waals surface area contributed by atoms with Crippen molar-refractivity contribution in [1.82, 2.24) is 4.40 Å². The van der Waals surface area contributed by atoms with Crippen LogP contribution in [0.25, 0.3) is 33.5 Å². The fourth-order valence-corrected chi connectivity index (χ4v) is 4.46. The van der Waals surface area contributed by atoms with Gasteiger partial charge in [-0.3, -0.25) is 9.59 Å². The molecule has 0 amide bonds. The Morgan fingerprint density at radius 1 is 1.00 bits per heavy atom. The molecule has 1 unspecified atom stereocenters. The van der Waals surface area contributed by atoms with E-state index < -0.39 is 24.3 Å². The molecule has 0 radical (unpaired) electrons. The number of fused-ring (bicyclic) bond motifs is 3. The summed E-state index contributed by atoms with van der Waals surface area (Å²) < 4.78 is 2.22. The molecule has 0 aliphatic carbocycles. The van der Waals surface area contributed by atoms with Gasteiger partial charge in [-0.2, -0.15) is 0 Å². The van der Waals surface area contributed by atoms with Crippen LogP contribution >= 0.6 is 0 Å². The van der Waals surface area contributed by atoms with Crippen LogP contribution in [0, 0.1) is 0 Å². The van der Waals surface area contributed by atoms with Crippen molar-refractivity contribution >= 4 is 34.1 Å². The third-order valence-corrected chi connectivity index (χ3v) is 5.78. The summed E-state index contributed by atoms with van der Waals surface area (Å²) in [4.78, 5) is 22.6. The van der Waals surface area contributed by atoms with Gasteiger partial charge in [0.05, 0.1) is 11.6 Å². The number of aliphatic hydroxyl groups excluding tert-OH is 1. The van der Waals surface area contributed by atoms with Gasteiger partial charge in [0.2, 0.25) is 0 Å². The van der Waals surface area contributed by atoms with Gasteiger partial charge >= 0.3 is 5.97 Å². The molecule has 2 N–H and O–H groups in total. The minimum Gasteiger partial charge on any atom is -0.481 e. The van der Waals surface area contributed by atoms with Gasteiger partial charge < -0.3 is 14.6 Å². The molecule has 5 heteroatoms. The van der Waals surface area contributed by atoms with Crippen molar-refractivity contribution in [3.05, 3.63) is 84.2 Å². The second kappa shape index (κ2) is 9.43. The topological polar surface area (TPSA) is 79.0 Å². The molecule has 1 atom stereocenters. The van der Waals surface area contributed by atoms with Crippen molar-refractivity contribution in [3.63, 3.8) is 0 Å². The van der Waals surface area contributed by atoms with Crippen LogP contribution in [0.3, 0.4) is 0 Å². The Labute approximate surface area is 192 Å². The summed E-state index contributed by atoms with van der Waals surface area (Å²) in [5, 5.41) is 21.5. The van der Waals surface area contributed by atoms with Crippen LogP contribution < -0.4 is 0 Å². The number of ketones is 1. The summed E-state index contributed by atoms with van der Waals surface area (Å²) in [6, 6.07) is 20.5. The zero-order valence-corrected chi connectivity index (χ0v) is 18.7. The number of aliphatic hydroxyl groups is 1. The first-order valence-corrected chi connectivity index (χ1v) is 11.1. The summed E-state index contributed by atoms with van der Waals surface area (Å²) in [5.74, 6) is -1.49. The van der Waals surface area contributed by atoms with Crippen molar-refractivity contribution in [3.8, 4) is 11.1 Å². The molecule has 0 saturated carbocycles. The van der Waals surface area contributed by atoms with Gasteiger partial charge in [0.15, 0.2) is 0 Å². The first kappa shape index (κ1) is 22.5. The van der Waals surface area contributed by atoms with Crippen LogP contribution in [0.5, 0.6) is 0 Å². The van der Waals surface area contributed by atoms with Gasteiger partial charge in [0, 0.05) is 34.8 Å². The van der Waals surface area contributed by atoms with Gasteiger partial charge in [-0.05, 0) is 22.9 Å². The van der Waals surface area contributed by atoms with Gasteiger partial charge in [-0.15, -0.1) is 0 Å². The van der Waals surface area contributed by atoms with Crippen LogP contribution in [-0.2, 0) is 9.59 Å². The second-order valence-electron chi connectivity index (χ2n) is 8.56. The highest BCUT2D eigenvalue weighted by atomic mass is 16.4. The largest absolute Gasteiger partial charge is 0.481 e. The standard InChI is InChI=1S/C28H27NO4/c1-18(2)27-24(13-12-21(30)16-22(31)17-25(32)33)26(20-9-4-3-5-10-20)28-23-11-7-6-8-19(23)14-15-29(27)28/h3-15,18,21,30H,16-17H2,1-2H3,(H,32,33). The molecule has 0 bridgehead atoms. The minimum atomic E-state index is -1.19. The van der Waals surface area contributed by atoms with E-state index in [2.05, 4.69) is 54.8 Å². The summed E-state index contributed by atoms with van der Waals surface area (Å²) >= 11 is 0. The van der Waals surface area contributed by atoms with Crippen molar-refractivity contribution in [1.29, 1.82) is 0 Å². The van der Waals surface area contributed by atoms with E-state index in [4.69, 9.17) is 5.11 Å². The lowest BCUT2D eigenvalue weighted by molar-refractivity contribution is -0.140. The van der Waals surface area contributed by atoms with E-state index in [1.807, 2.05) is 36.4 Å². The third kappa shape index (κ3) is 4.59. The number of carboxylic acids is 1. The molecule has 168 valence electrons. The predicted molar refractivity (Wildman–Crippen MR) is 131 cm³/mol. The van der Waals surface area contributed by atoms with E-state index >= 15 is 0 Å². The Kier molecular flexibility index (Phi) is 6.43.